The summed E-state index contributed by atoms with van der Waals surface area (Å²) in [7, 11) is 0. The maximum atomic E-state index is 11.5. The molecule has 1 saturated heterocycles. The Morgan fingerprint density at radius 3 is 2.77 bits per heavy atom. The molecule has 0 aliphatic carbocycles. The minimum absolute atomic E-state index is 0.000249. The van der Waals surface area contributed by atoms with E-state index in [0.29, 0.717) is 31.3 Å². The Kier molecular flexibility index (Phi) is 6.16. The third-order valence-corrected chi connectivity index (χ3v) is 3.63. The summed E-state index contributed by atoms with van der Waals surface area (Å²) >= 11 is 0. The number of epoxide rings is 1. The van der Waals surface area contributed by atoms with Crippen molar-refractivity contribution in [1.29, 1.82) is 0 Å². The van der Waals surface area contributed by atoms with Crippen LogP contribution in [0, 0.1) is 5.92 Å². The van der Waals surface area contributed by atoms with Crippen molar-refractivity contribution in [1.82, 2.24) is 0 Å². The highest BCUT2D eigenvalue weighted by Crippen LogP contribution is 2.31. The predicted molar refractivity (Wildman–Crippen MR) is 84.3 cm³/mol. The number of ether oxygens (including phenoxy) is 3. The first-order chi connectivity index (χ1) is 10.6. The van der Waals surface area contributed by atoms with Gasteiger partial charge in [0.25, 0.3) is 0 Å². The van der Waals surface area contributed by atoms with Crippen LogP contribution < -0.4 is 0 Å². The number of carbonyl (C=O) groups is 1. The summed E-state index contributed by atoms with van der Waals surface area (Å²) in [4.78, 5) is 11.5. The quantitative estimate of drug-likeness (QED) is 0.420. The van der Waals surface area contributed by atoms with E-state index in [1.54, 1.807) is 13.8 Å². The monoisotopic (exact) mass is 304 g/mol. The summed E-state index contributed by atoms with van der Waals surface area (Å²) in [5.74, 6) is 0.0182. The molecule has 0 radical (unpaired) electrons. The second-order valence-corrected chi connectivity index (χ2v) is 5.61. The molecule has 1 aromatic carbocycles. The summed E-state index contributed by atoms with van der Waals surface area (Å²) in [6.45, 7) is 7.30. The van der Waals surface area contributed by atoms with Gasteiger partial charge in [-0.15, -0.1) is 0 Å². The molecule has 4 nitrogen and oxygen atoms in total. The fraction of sp³-hybridized carbons (Fsp3) is 0.500. The summed E-state index contributed by atoms with van der Waals surface area (Å²) in [6, 6.07) is 10.1. The summed E-state index contributed by atoms with van der Waals surface area (Å²) in [5.41, 5.74) is 1.77. The van der Waals surface area contributed by atoms with Gasteiger partial charge in [-0.25, -0.2) is 4.79 Å². The first-order valence-corrected chi connectivity index (χ1v) is 7.74. The SMILES string of the molecule is CCOC(=O)/C(C)=C/[C@H]1O[C@@H]1[C@@H](C)COCc1ccccc1. The van der Waals surface area contributed by atoms with Crippen molar-refractivity contribution < 1.29 is 19.0 Å². The molecule has 1 fully saturated rings. The zero-order valence-corrected chi connectivity index (χ0v) is 13.5. The highest BCUT2D eigenvalue weighted by Gasteiger charge is 2.41. The Balaban J connectivity index is 1.70. The van der Waals surface area contributed by atoms with Gasteiger partial charge in [0.15, 0.2) is 0 Å². The molecule has 1 heterocycles. The molecule has 0 N–H and O–H groups in total. The number of benzene rings is 1. The van der Waals surface area contributed by atoms with E-state index in [2.05, 4.69) is 6.92 Å². The molecule has 120 valence electrons. The molecule has 4 heteroatoms. The van der Waals surface area contributed by atoms with Gasteiger partial charge < -0.3 is 14.2 Å². The maximum absolute atomic E-state index is 11.5. The molecule has 1 aliphatic heterocycles. The van der Waals surface area contributed by atoms with E-state index in [4.69, 9.17) is 14.2 Å². The third kappa shape index (κ3) is 4.97. The van der Waals surface area contributed by atoms with E-state index < -0.39 is 0 Å². The second kappa shape index (κ2) is 8.11. The Morgan fingerprint density at radius 1 is 1.36 bits per heavy atom. The number of hydrogen-bond acceptors (Lipinski definition) is 4. The van der Waals surface area contributed by atoms with Crippen molar-refractivity contribution in [2.45, 2.75) is 39.6 Å². The molecule has 0 unspecified atom stereocenters. The van der Waals surface area contributed by atoms with E-state index >= 15 is 0 Å². The van der Waals surface area contributed by atoms with Gasteiger partial charge in [0.1, 0.15) is 6.10 Å². The molecule has 22 heavy (non-hydrogen) atoms. The van der Waals surface area contributed by atoms with Gasteiger partial charge in [0.2, 0.25) is 0 Å². The molecule has 0 spiro atoms. The highest BCUT2D eigenvalue weighted by molar-refractivity contribution is 5.87. The lowest BCUT2D eigenvalue weighted by Crippen LogP contribution is -2.14. The van der Waals surface area contributed by atoms with Crippen molar-refractivity contribution in [2.75, 3.05) is 13.2 Å². The molecule has 1 aliphatic rings. The minimum Gasteiger partial charge on any atom is -0.463 e. The molecule has 0 bridgehead atoms. The van der Waals surface area contributed by atoms with Crippen LogP contribution >= 0.6 is 0 Å². The lowest BCUT2D eigenvalue weighted by atomic mass is 10.1. The minimum atomic E-state index is -0.273. The molecule has 2 rings (SSSR count). The van der Waals surface area contributed by atoms with Crippen LogP contribution in [0.3, 0.4) is 0 Å². The van der Waals surface area contributed by atoms with Gasteiger partial charge in [-0.3, -0.25) is 0 Å². The fourth-order valence-corrected chi connectivity index (χ4v) is 2.32. The third-order valence-electron chi connectivity index (χ3n) is 3.63. The van der Waals surface area contributed by atoms with Crippen molar-refractivity contribution in [3.63, 3.8) is 0 Å². The summed E-state index contributed by atoms with van der Waals surface area (Å²) in [6.07, 6.45) is 1.97. The van der Waals surface area contributed by atoms with Crippen LogP contribution in [0.1, 0.15) is 26.3 Å². The first-order valence-electron chi connectivity index (χ1n) is 7.74. The zero-order valence-electron chi connectivity index (χ0n) is 13.5. The molecular formula is C18H24O4. The Labute approximate surface area is 132 Å². The maximum Gasteiger partial charge on any atom is 0.333 e. The van der Waals surface area contributed by atoms with E-state index in [1.165, 1.54) is 5.56 Å². The largest absolute Gasteiger partial charge is 0.463 e. The number of esters is 1. The van der Waals surface area contributed by atoms with Crippen molar-refractivity contribution in [3.8, 4) is 0 Å². The Morgan fingerprint density at radius 2 is 2.09 bits per heavy atom. The lowest BCUT2D eigenvalue weighted by Gasteiger charge is -2.09. The van der Waals surface area contributed by atoms with Gasteiger partial charge in [-0.2, -0.15) is 0 Å². The highest BCUT2D eigenvalue weighted by atomic mass is 16.6. The van der Waals surface area contributed by atoms with E-state index in [-0.39, 0.29) is 18.2 Å². The Hall–Kier alpha value is -1.65. The van der Waals surface area contributed by atoms with Gasteiger partial charge in [-0.05, 0) is 25.5 Å². The van der Waals surface area contributed by atoms with Crippen LogP contribution in [0.4, 0.5) is 0 Å². The van der Waals surface area contributed by atoms with Crippen molar-refractivity contribution >= 4 is 5.97 Å². The molecule has 1 aromatic rings. The van der Waals surface area contributed by atoms with Gasteiger partial charge in [0, 0.05) is 11.5 Å². The van der Waals surface area contributed by atoms with Crippen LogP contribution in [-0.4, -0.2) is 31.4 Å². The lowest BCUT2D eigenvalue weighted by molar-refractivity contribution is -0.138. The molecule has 0 aromatic heterocycles. The summed E-state index contributed by atoms with van der Waals surface area (Å²) < 4.78 is 16.3. The Bertz CT molecular complexity index is 509. The predicted octanol–water partition coefficient (Wildman–Crippen LogP) is 3.12. The van der Waals surface area contributed by atoms with Crippen molar-refractivity contribution in [2.24, 2.45) is 5.92 Å². The van der Waals surface area contributed by atoms with Gasteiger partial charge >= 0.3 is 5.97 Å². The smallest absolute Gasteiger partial charge is 0.333 e. The van der Waals surface area contributed by atoms with Gasteiger partial charge in [0.05, 0.1) is 25.9 Å². The number of rotatable bonds is 8. The van der Waals surface area contributed by atoms with Gasteiger partial charge in [-0.1, -0.05) is 37.3 Å². The summed E-state index contributed by atoms with van der Waals surface area (Å²) in [5, 5.41) is 0. The van der Waals surface area contributed by atoms with E-state index in [9.17, 15) is 4.79 Å². The number of carbonyl (C=O) groups excluding carboxylic acids is 1. The fourth-order valence-electron chi connectivity index (χ4n) is 2.32. The van der Waals surface area contributed by atoms with Crippen LogP contribution in [0.25, 0.3) is 0 Å². The van der Waals surface area contributed by atoms with E-state index in [0.717, 1.165) is 0 Å². The van der Waals surface area contributed by atoms with Crippen LogP contribution in [0.5, 0.6) is 0 Å². The topological polar surface area (TPSA) is 48.1 Å². The normalized spacial score (nSPS) is 22.2. The molecular weight excluding hydrogens is 280 g/mol. The average molecular weight is 304 g/mol. The average Bonchev–Trinajstić information content (AvgIpc) is 3.27. The van der Waals surface area contributed by atoms with Crippen molar-refractivity contribution in [3.05, 3.63) is 47.5 Å². The zero-order chi connectivity index (χ0) is 15.9. The molecule has 0 saturated carbocycles. The van der Waals surface area contributed by atoms with Crippen LogP contribution in [0.2, 0.25) is 0 Å². The van der Waals surface area contributed by atoms with Crippen LogP contribution in [0.15, 0.2) is 42.0 Å². The number of hydrogen-bond donors (Lipinski definition) is 0. The first kappa shape index (κ1) is 16.7. The molecule has 3 atom stereocenters. The van der Waals surface area contributed by atoms with Crippen LogP contribution in [-0.2, 0) is 25.6 Å². The standard InChI is InChI=1S/C18H24O4/c1-4-21-18(19)13(2)10-16-17(22-16)14(3)11-20-12-15-8-6-5-7-9-15/h5-10,14,16-17H,4,11-12H2,1-3H3/b13-10+/t14-,16+,17+/m0/s1. The second-order valence-electron chi connectivity index (χ2n) is 5.61. The molecule has 0 amide bonds. The van der Waals surface area contributed by atoms with E-state index in [1.807, 2.05) is 36.4 Å².